The van der Waals surface area contributed by atoms with Crippen LogP contribution in [0, 0.1) is 28.6 Å². The Morgan fingerprint density at radius 2 is 2.15 bits per heavy atom. The van der Waals surface area contributed by atoms with Gasteiger partial charge in [0.25, 0.3) is 0 Å². The molecule has 26 heavy (non-hydrogen) atoms. The van der Waals surface area contributed by atoms with E-state index in [0.29, 0.717) is 18.3 Å². The number of hydrogen-bond donors (Lipinski definition) is 2. The number of rotatable bonds is 2. The number of allylic oxidation sites excluding steroid dienone is 4. The number of epoxide rings is 1. The lowest BCUT2D eigenvalue weighted by molar-refractivity contribution is -0.155. The van der Waals surface area contributed by atoms with Crippen LogP contribution in [0.1, 0.15) is 39.5 Å². The first-order valence-electron chi connectivity index (χ1n) is 9.72. The molecule has 0 bridgehead atoms. The van der Waals surface area contributed by atoms with E-state index in [0.717, 1.165) is 24.8 Å². The van der Waals surface area contributed by atoms with E-state index in [-0.39, 0.29) is 29.0 Å². The van der Waals surface area contributed by atoms with Crippen molar-refractivity contribution in [3.8, 4) is 0 Å². The van der Waals surface area contributed by atoms with Gasteiger partial charge in [-0.3, -0.25) is 9.59 Å². The summed E-state index contributed by atoms with van der Waals surface area (Å²) in [5.74, 6) is 0.458. The van der Waals surface area contributed by atoms with Gasteiger partial charge in [-0.2, -0.15) is 0 Å². The molecule has 0 aromatic carbocycles. The summed E-state index contributed by atoms with van der Waals surface area (Å²) in [5, 5.41) is 20.7. The molecule has 1 saturated heterocycles. The Hall–Kier alpha value is -1.30. The molecule has 0 aromatic heterocycles. The van der Waals surface area contributed by atoms with Crippen molar-refractivity contribution in [2.75, 3.05) is 6.61 Å². The van der Waals surface area contributed by atoms with E-state index < -0.39 is 23.7 Å². The van der Waals surface area contributed by atoms with Gasteiger partial charge in [0.2, 0.25) is 0 Å². The van der Waals surface area contributed by atoms with Crippen molar-refractivity contribution in [1.82, 2.24) is 0 Å². The highest BCUT2D eigenvalue weighted by Crippen LogP contribution is 2.73. The fourth-order valence-corrected chi connectivity index (χ4v) is 7.35. The number of aliphatic hydroxyl groups excluding tert-OH is 2. The van der Waals surface area contributed by atoms with Gasteiger partial charge in [-0.05, 0) is 49.7 Å². The Bertz CT molecular complexity index is 768. The minimum atomic E-state index is -0.895. The van der Waals surface area contributed by atoms with Gasteiger partial charge >= 0.3 is 0 Å². The predicted molar refractivity (Wildman–Crippen MR) is 93.1 cm³/mol. The highest BCUT2D eigenvalue weighted by Gasteiger charge is 2.80. The van der Waals surface area contributed by atoms with Crippen molar-refractivity contribution in [3.05, 3.63) is 23.8 Å². The molecule has 1 heterocycles. The molecule has 8 atom stereocenters. The van der Waals surface area contributed by atoms with Gasteiger partial charge in [-0.1, -0.05) is 25.5 Å². The van der Waals surface area contributed by atoms with E-state index >= 15 is 0 Å². The first-order valence-corrected chi connectivity index (χ1v) is 9.72. The zero-order valence-electron chi connectivity index (χ0n) is 15.3. The molecular formula is C21H26O5. The molecule has 1 aliphatic heterocycles. The third-order valence-corrected chi connectivity index (χ3v) is 8.48. The van der Waals surface area contributed by atoms with Crippen molar-refractivity contribution in [2.45, 2.75) is 57.3 Å². The highest BCUT2D eigenvalue weighted by molar-refractivity contribution is 6.01. The van der Waals surface area contributed by atoms with E-state index in [4.69, 9.17) is 4.74 Å². The summed E-state index contributed by atoms with van der Waals surface area (Å²) < 4.78 is 5.85. The zero-order chi connectivity index (χ0) is 18.5. The minimum absolute atomic E-state index is 0.0362. The van der Waals surface area contributed by atoms with Crippen LogP contribution in [0.15, 0.2) is 23.8 Å². The zero-order valence-corrected chi connectivity index (χ0v) is 15.3. The molecule has 2 N–H and O–H groups in total. The fraction of sp³-hybridized carbons (Fsp3) is 0.714. The van der Waals surface area contributed by atoms with Crippen LogP contribution in [-0.2, 0) is 14.3 Å². The lowest BCUT2D eigenvalue weighted by Gasteiger charge is -2.59. The van der Waals surface area contributed by atoms with E-state index in [2.05, 4.69) is 13.8 Å². The van der Waals surface area contributed by atoms with Crippen molar-refractivity contribution in [1.29, 1.82) is 0 Å². The third-order valence-electron chi connectivity index (χ3n) is 8.48. The molecule has 4 aliphatic carbocycles. The third kappa shape index (κ3) is 1.73. The second-order valence-corrected chi connectivity index (χ2v) is 9.37. The SMILES string of the molecule is C[C@]12C=CC(=O)C=C1CC[C@@H]1[C@@H]2[C@H](O)C[C@@]2(C)[C@H]1C[C@H]1O[C@]12C(=O)CO. The molecule has 0 spiro atoms. The van der Waals surface area contributed by atoms with Gasteiger partial charge in [-0.15, -0.1) is 0 Å². The minimum Gasteiger partial charge on any atom is -0.393 e. The summed E-state index contributed by atoms with van der Waals surface area (Å²) in [6, 6.07) is 0. The van der Waals surface area contributed by atoms with Gasteiger partial charge in [-0.25, -0.2) is 0 Å². The van der Waals surface area contributed by atoms with E-state index in [1.807, 2.05) is 6.08 Å². The molecule has 140 valence electrons. The summed E-state index contributed by atoms with van der Waals surface area (Å²) in [6.07, 6.45) is 7.84. The number of aliphatic hydroxyl groups is 2. The summed E-state index contributed by atoms with van der Waals surface area (Å²) in [6.45, 7) is 3.72. The second-order valence-electron chi connectivity index (χ2n) is 9.37. The standard InChI is InChI=1S/C21H26O5/c1-19-6-5-12(23)7-11(19)3-4-13-14-8-17-21(26-17,16(25)10-22)20(14,2)9-15(24)18(13)19/h5-7,13-15,17-18,22,24H,3-4,8-10H2,1-2H3/t13-,14-,15+,17+,18+,19-,20-,21+/m0/s1. The van der Waals surface area contributed by atoms with Crippen molar-refractivity contribution >= 4 is 11.6 Å². The van der Waals surface area contributed by atoms with Crippen LogP contribution >= 0.6 is 0 Å². The molecule has 0 amide bonds. The van der Waals surface area contributed by atoms with Gasteiger partial charge in [0.15, 0.2) is 17.2 Å². The van der Waals surface area contributed by atoms with Crippen LogP contribution in [0.25, 0.3) is 0 Å². The maximum Gasteiger partial charge on any atom is 0.193 e. The van der Waals surface area contributed by atoms with Crippen LogP contribution in [0.5, 0.6) is 0 Å². The number of carbonyl (C=O) groups excluding carboxylic acids is 2. The average Bonchev–Trinajstić information content (AvgIpc) is 3.28. The first kappa shape index (κ1) is 16.8. The maximum atomic E-state index is 12.5. The molecule has 0 unspecified atom stereocenters. The Balaban J connectivity index is 1.55. The smallest absolute Gasteiger partial charge is 0.193 e. The first-order chi connectivity index (χ1) is 12.3. The maximum absolute atomic E-state index is 12.5. The molecule has 3 saturated carbocycles. The van der Waals surface area contributed by atoms with E-state index in [1.165, 1.54) is 0 Å². The highest BCUT2D eigenvalue weighted by atomic mass is 16.6. The predicted octanol–water partition coefficient (Wildman–Crippen LogP) is 1.57. The Labute approximate surface area is 153 Å². The summed E-state index contributed by atoms with van der Waals surface area (Å²) in [5.41, 5.74) is -0.480. The molecule has 5 heteroatoms. The molecule has 5 aliphatic rings. The Morgan fingerprint density at radius 3 is 2.88 bits per heavy atom. The van der Waals surface area contributed by atoms with Crippen LogP contribution in [0.3, 0.4) is 0 Å². The van der Waals surface area contributed by atoms with Crippen molar-refractivity contribution in [2.24, 2.45) is 28.6 Å². The quantitative estimate of drug-likeness (QED) is 0.732. The molecule has 5 rings (SSSR count). The lowest BCUT2D eigenvalue weighted by atomic mass is 9.46. The molecular weight excluding hydrogens is 332 g/mol. The van der Waals surface area contributed by atoms with E-state index in [9.17, 15) is 19.8 Å². The van der Waals surface area contributed by atoms with Crippen LogP contribution in [0.4, 0.5) is 0 Å². The van der Waals surface area contributed by atoms with Gasteiger partial charge in [0.1, 0.15) is 6.61 Å². The largest absolute Gasteiger partial charge is 0.393 e. The number of fused-ring (bicyclic) bond motifs is 7. The van der Waals surface area contributed by atoms with E-state index in [1.54, 1.807) is 12.2 Å². The van der Waals surface area contributed by atoms with Gasteiger partial charge in [0, 0.05) is 16.7 Å². The number of Topliss-reactive ketones (excluding diaryl/α,β-unsaturated/α-hetero) is 1. The number of ketones is 2. The Morgan fingerprint density at radius 1 is 1.38 bits per heavy atom. The summed E-state index contributed by atoms with van der Waals surface area (Å²) >= 11 is 0. The summed E-state index contributed by atoms with van der Waals surface area (Å²) in [4.78, 5) is 24.3. The lowest BCUT2D eigenvalue weighted by Crippen LogP contribution is -2.59. The monoisotopic (exact) mass is 358 g/mol. The number of ether oxygens (including phenoxy) is 1. The molecule has 0 radical (unpaired) electrons. The topological polar surface area (TPSA) is 87.1 Å². The van der Waals surface area contributed by atoms with Crippen molar-refractivity contribution < 1.29 is 24.5 Å². The van der Waals surface area contributed by atoms with Gasteiger partial charge < -0.3 is 14.9 Å². The van der Waals surface area contributed by atoms with Crippen molar-refractivity contribution in [3.63, 3.8) is 0 Å². The fourth-order valence-electron chi connectivity index (χ4n) is 7.35. The molecule has 5 nitrogen and oxygen atoms in total. The summed E-state index contributed by atoms with van der Waals surface area (Å²) in [7, 11) is 0. The average molecular weight is 358 g/mol. The normalized spacial score (nSPS) is 53.9. The number of carbonyl (C=O) groups is 2. The van der Waals surface area contributed by atoms with Crippen LogP contribution in [0.2, 0.25) is 0 Å². The van der Waals surface area contributed by atoms with Crippen LogP contribution < -0.4 is 0 Å². The Kier molecular flexibility index (Phi) is 3.20. The molecule has 4 fully saturated rings. The second kappa shape index (κ2) is 4.94. The number of hydrogen-bond acceptors (Lipinski definition) is 5. The van der Waals surface area contributed by atoms with Crippen LogP contribution in [-0.4, -0.2) is 46.2 Å². The van der Waals surface area contributed by atoms with Gasteiger partial charge in [0.05, 0.1) is 12.2 Å². The molecule has 0 aromatic rings.